The molecule has 26 heavy (non-hydrogen) atoms. The van der Waals surface area contributed by atoms with Crippen LogP contribution in [0.2, 0.25) is 0 Å². The highest BCUT2D eigenvalue weighted by molar-refractivity contribution is 7.80. The second-order valence-corrected chi connectivity index (χ2v) is 6.04. The van der Waals surface area contributed by atoms with Crippen molar-refractivity contribution in [2.24, 2.45) is 0 Å². The lowest BCUT2D eigenvalue weighted by molar-refractivity contribution is 0.0693. The molecule has 1 amide bonds. The molecule has 0 spiro atoms. The lowest BCUT2D eigenvalue weighted by atomic mass is 10.2. The average molecular weight is 374 g/mol. The second-order valence-electron chi connectivity index (χ2n) is 5.64. The molecule has 0 aliphatic carbocycles. The van der Waals surface area contributed by atoms with Gasteiger partial charge in [0.1, 0.15) is 17.1 Å². The molecule has 2 rings (SSSR count). The monoisotopic (exact) mass is 374 g/mol. The Morgan fingerprint density at radius 1 is 1.12 bits per heavy atom. The summed E-state index contributed by atoms with van der Waals surface area (Å²) >= 11 is 5.06. The van der Waals surface area contributed by atoms with Gasteiger partial charge in [0.25, 0.3) is 5.91 Å². The van der Waals surface area contributed by atoms with Crippen LogP contribution in [0, 0.1) is 0 Å². The minimum absolute atomic E-state index is 0.000430. The quantitative estimate of drug-likeness (QED) is 0.471. The summed E-state index contributed by atoms with van der Waals surface area (Å²) in [5, 5.41) is 23.7. The van der Waals surface area contributed by atoms with E-state index < -0.39 is 11.9 Å². The van der Waals surface area contributed by atoms with Crippen LogP contribution in [0.15, 0.2) is 42.5 Å². The van der Waals surface area contributed by atoms with E-state index in [9.17, 15) is 14.7 Å². The largest absolute Gasteiger partial charge is 0.507 e. The molecule has 0 aliphatic rings. The number of hydrogen-bond acceptors (Lipinski definition) is 5. The number of rotatable bonds is 5. The third-order valence-corrected chi connectivity index (χ3v) is 3.40. The van der Waals surface area contributed by atoms with Crippen molar-refractivity contribution >= 4 is 34.9 Å². The van der Waals surface area contributed by atoms with Crippen LogP contribution in [-0.4, -0.2) is 33.3 Å². The fourth-order valence-electron chi connectivity index (χ4n) is 2.08. The first-order valence-corrected chi connectivity index (χ1v) is 8.12. The molecule has 2 aromatic carbocycles. The zero-order valence-electron chi connectivity index (χ0n) is 14.1. The highest BCUT2D eigenvalue weighted by atomic mass is 32.1. The lowest BCUT2D eigenvalue weighted by Crippen LogP contribution is -2.34. The topological polar surface area (TPSA) is 108 Å². The molecule has 0 radical (unpaired) electrons. The summed E-state index contributed by atoms with van der Waals surface area (Å²) in [5.41, 5.74) is 0.443. The number of hydrogen-bond donors (Lipinski definition) is 4. The number of carboxylic acids is 1. The number of ether oxygens (including phenoxy) is 1. The second kappa shape index (κ2) is 8.30. The average Bonchev–Trinajstić information content (AvgIpc) is 2.56. The maximum Gasteiger partial charge on any atom is 0.339 e. The number of amides is 1. The molecule has 4 N–H and O–H groups in total. The maximum absolute atomic E-state index is 12.2. The van der Waals surface area contributed by atoms with Gasteiger partial charge in [-0.3, -0.25) is 10.1 Å². The van der Waals surface area contributed by atoms with Gasteiger partial charge in [0.15, 0.2) is 5.11 Å². The first-order valence-electron chi connectivity index (χ1n) is 7.71. The summed E-state index contributed by atoms with van der Waals surface area (Å²) < 4.78 is 5.51. The van der Waals surface area contributed by atoms with E-state index >= 15 is 0 Å². The van der Waals surface area contributed by atoms with E-state index in [2.05, 4.69) is 10.6 Å². The third-order valence-electron chi connectivity index (χ3n) is 3.20. The summed E-state index contributed by atoms with van der Waals surface area (Å²) in [6.07, 6.45) is 0.0347. The highest BCUT2D eigenvalue weighted by Crippen LogP contribution is 2.21. The van der Waals surface area contributed by atoms with Gasteiger partial charge in [0, 0.05) is 11.3 Å². The number of thiocarbonyl (C=S) groups is 1. The molecule has 7 nitrogen and oxygen atoms in total. The van der Waals surface area contributed by atoms with Gasteiger partial charge in [0.2, 0.25) is 0 Å². The van der Waals surface area contributed by atoms with Gasteiger partial charge in [-0.25, -0.2) is 4.79 Å². The summed E-state index contributed by atoms with van der Waals surface area (Å²) in [7, 11) is 0. The molecule has 0 aliphatic heterocycles. The number of nitrogens with one attached hydrogen (secondary N) is 2. The Bertz CT molecular complexity index is 834. The van der Waals surface area contributed by atoms with Gasteiger partial charge in [-0.1, -0.05) is 0 Å². The van der Waals surface area contributed by atoms with Gasteiger partial charge in [-0.15, -0.1) is 0 Å². The van der Waals surface area contributed by atoms with Gasteiger partial charge < -0.3 is 20.3 Å². The normalized spacial score (nSPS) is 10.3. The SMILES string of the molecule is CC(C)Oc1ccc(C(=O)NC(=S)Nc2ccc(O)c(C(=O)O)c2)cc1. The molecule has 0 atom stereocenters. The van der Waals surface area contributed by atoms with E-state index in [-0.39, 0.29) is 22.5 Å². The zero-order valence-corrected chi connectivity index (χ0v) is 15.0. The molecule has 0 saturated carbocycles. The van der Waals surface area contributed by atoms with E-state index in [0.717, 1.165) is 0 Å². The first kappa shape index (κ1) is 19.2. The molecule has 0 saturated heterocycles. The van der Waals surface area contributed by atoms with Crippen molar-refractivity contribution in [1.82, 2.24) is 5.32 Å². The van der Waals surface area contributed by atoms with Crippen molar-refractivity contribution in [1.29, 1.82) is 0 Å². The van der Waals surface area contributed by atoms with Crippen LogP contribution in [0.3, 0.4) is 0 Å². The minimum atomic E-state index is -1.27. The third kappa shape index (κ3) is 5.18. The standard InChI is InChI=1S/C18H18N2O5S/c1-10(2)25-13-6-3-11(4-7-13)16(22)20-18(26)19-12-5-8-15(21)14(9-12)17(23)24/h3-10,21H,1-2H3,(H,23,24)(H2,19,20,22,26). The maximum atomic E-state index is 12.2. The first-order chi connectivity index (χ1) is 12.3. The van der Waals surface area contributed by atoms with E-state index in [0.29, 0.717) is 17.0 Å². The van der Waals surface area contributed by atoms with Gasteiger partial charge in [0.05, 0.1) is 6.10 Å². The summed E-state index contributed by atoms with van der Waals surface area (Å²) in [4.78, 5) is 23.2. The predicted molar refractivity (Wildman–Crippen MR) is 101 cm³/mol. The Kier molecular flexibility index (Phi) is 6.13. The highest BCUT2D eigenvalue weighted by Gasteiger charge is 2.12. The number of aromatic hydroxyl groups is 1. The van der Waals surface area contributed by atoms with E-state index in [4.69, 9.17) is 22.1 Å². The molecule has 136 valence electrons. The Hall–Kier alpha value is -3.13. The van der Waals surface area contributed by atoms with Crippen LogP contribution >= 0.6 is 12.2 Å². The summed E-state index contributed by atoms with van der Waals surface area (Å²) in [5.74, 6) is -1.40. The Labute approximate surface area is 155 Å². The molecule has 0 fully saturated rings. The van der Waals surface area contributed by atoms with Crippen LogP contribution in [0.25, 0.3) is 0 Å². The minimum Gasteiger partial charge on any atom is -0.507 e. The van der Waals surface area contributed by atoms with Crippen molar-refractivity contribution in [2.45, 2.75) is 20.0 Å². The van der Waals surface area contributed by atoms with Crippen LogP contribution in [-0.2, 0) is 0 Å². The fourth-order valence-corrected chi connectivity index (χ4v) is 2.29. The van der Waals surface area contributed by atoms with Crippen LogP contribution in [0.4, 0.5) is 5.69 Å². The van der Waals surface area contributed by atoms with Crippen molar-refractivity contribution in [3.63, 3.8) is 0 Å². The Morgan fingerprint density at radius 2 is 1.77 bits per heavy atom. The molecular formula is C18H18N2O5S. The Morgan fingerprint density at radius 3 is 2.35 bits per heavy atom. The molecule has 8 heteroatoms. The Balaban J connectivity index is 2.00. The smallest absolute Gasteiger partial charge is 0.339 e. The zero-order chi connectivity index (χ0) is 19.3. The predicted octanol–water partition coefficient (Wildman–Crippen LogP) is 3.00. The van der Waals surface area contributed by atoms with Gasteiger partial charge in [-0.05, 0) is 68.5 Å². The summed E-state index contributed by atoms with van der Waals surface area (Å²) in [6.45, 7) is 3.81. The number of carboxylic acid groups (broad SMARTS) is 1. The molecule has 0 unspecified atom stereocenters. The van der Waals surface area contributed by atoms with Gasteiger partial charge >= 0.3 is 5.97 Å². The van der Waals surface area contributed by atoms with Crippen LogP contribution in [0.1, 0.15) is 34.6 Å². The van der Waals surface area contributed by atoms with Crippen molar-refractivity contribution in [3.05, 3.63) is 53.6 Å². The molecule has 2 aromatic rings. The van der Waals surface area contributed by atoms with Crippen molar-refractivity contribution < 1.29 is 24.5 Å². The van der Waals surface area contributed by atoms with Crippen LogP contribution < -0.4 is 15.4 Å². The van der Waals surface area contributed by atoms with E-state index in [1.807, 2.05) is 13.8 Å². The molecule has 0 bridgehead atoms. The number of phenols is 1. The van der Waals surface area contributed by atoms with Gasteiger partial charge in [-0.2, -0.15) is 0 Å². The number of carbonyl (C=O) groups excluding carboxylic acids is 1. The molecule has 0 aromatic heterocycles. The number of carbonyl (C=O) groups is 2. The summed E-state index contributed by atoms with van der Waals surface area (Å²) in [6, 6.07) is 10.5. The number of anilines is 1. The molecular weight excluding hydrogens is 356 g/mol. The van der Waals surface area contributed by atoms with Crippen molar-refractivity contribution in [2.75, 3.05) is 5.32 Å². The van der Waals surface area contributed by atoms with E-state index in [1.165, 1.54) is 18.2 Å². The fraction of sp³-hybridized carbons (Fsp3) is 0.167. The van der Waals surface area contributed by atoms with Crippen LogP contribution in [0.5, 0.6) is 11.5 Å². The van der Waals surface area contributed by atoms with Crippen molar-refractivity contribution in [3.8, 4) is 11.5 Å². The molecule has 0 heterocycles. The number of benzene rings is 2. The lowest BCUT2D eigenvalue weighted by Gasteiger charge is -2.12. The number of aromatic carboxylic acids is 1. The van der Waals surface area contributed by atoms with E-state index in [1.54, 1.807) is 24.3 Å².